The molecular formula is C14H18BrNO. The zero-order chi connectivity index (χ0) is 12.1. The number of aromatic nitrogens is 1. The molecule has 0 radical (unpaired) electrons. The van der Waals surface area contributed by atoms with Gasteiger partial charge in [-0.3, -0.25) is 4.98 Å². The second-order valence-corrected chi connectivity index (χ2v) is 5.40. The molecule has 2 nitrogen and oxygen atoms in total. The first-order valence-electron chi connectivity index (χ1n) is 6.32. The SMILES string of the molecule is O=CC(CBr)c1ccc(C2CCCCC2)cn1. The Kier molecular flexibility index (Phi) is 4.72. The van der Waals surface area contributed by atoms with E-state index in [0.717, 1.165) is 12.0 Å². The predicted octanol–water partition coefficient (Wildman–Crippen LogP) is 3.81. The van der Waals surface area contributed by atoms with Crippen molar-refractivity contribution in [2.75, 3.05) is 5.33 Å². The highest BCUT2D eigenvalue weighted by molar-refractivity contribution is 9.09. The molecule has 1 aromatic rings. The lowest BCUT2D eigenvalue weighted by atomic mass is 9.85. The van der Waals surface area contributed by atoms with Crippen LogP contribution in [0.2, 0.25) is 0 Å². The standard InChI is InChI=1S/C14H18BrNO/c15-8-13(10-17)14-7-6-12(9-16-14)11-4-2-1-3-5-11/h6-7,9-11,13H,1-5,8H2. The number of carbonyl (C=O) groups excluding carboxylic acids is 1. The summed E-state index contributed by atoms with van der Waals surface area (Å²) >= 11 is 3.34. The highest BCUT2D eigenvalue weighted by Gasteiger charge is 2.16. The van der Waals surface area contributed by atoms with Crippen LogP contribution < -0.4 is 0 Å². The molecule has 0 aromatic carbocycles. The molecule has 0 N–H and O–H groups in total. The molecule has 17 heavy (non-hydrogen) atoms. The molecule has 1 aliphatic rings. The summed E-state index contributed by atoms with van der Waals surface area (Å²) in [5.41, 5.74) is 2.21. The van der Waals surface area contributed by atoms with Crippen molar-refractivity contribution in [2.24, 2.45) is 0 Å². The van der Waals surface area contributed by atoms with Gasteiger partial charge in [0.1, 0.15) is 6.29 Å². The normalized spacial score (nSPS) is 18.9. The molecule has 1 fully saturated rings. The van der Waals surface area contributed by atoms with Crippen molar-refractivity contribution >= 4 is 22.2 Å². The van der Waals surface area contributed by atoms with Crippen LogP contribution in [-0.2, 0) is 4.79 Å². The number of hydrogen-bond acceptors (Lipinski definition) is 2. The number of alkyl halides is 1. The van der Waals surface area contributed by atoms with Gasteiger partial charge in [0.05, 0.1) is 11.6 Å². The molecule has 3 heteroatoms. The molecule has 1 saturated carbocycles. The molecular weight excluding hydrogens is 278 g/mol. The van der Waals surface area contributed by atoms with Crippen LogP contribution in [0.5, 0.6) is 0 Å². The molecule has 0 amide bonds. The van der Waals surface area contributed by atoms with Crippen LogP contribution in [0.1, 0.15) is 55.2 Å². The van der Waals surface area contributed by atoms with Gasteiger partial charge in [0.2, 0.25) is 0 Å². The summed E-state index contributed by atoms with van der Waals surface area (Å²) in [4.78, 5) is 15.3. The first-order valence-corrected chi connectivity index (χ1v) is 7.44. The van der Waals surface area contributed by atoms with Crippen molar-refractivity contribution in [1.82, 2.24) is 4.98 Å². The molecule has 2 rings (SSSR count). The third-order valence-electron chi connectivity index (χ3n) is 3.60. The third kappa shape index (κ3) is 3.15. The van der Waals surface area contributed by atoms with E-state index >= 15 is 0 Å². The van der Waals surface area contributed by atoms with Crippen LogP contribution in [0.4, 0.5) is 0 Å². The average Bonchev–Trinajstić information content (AvgIpc) is 2.42. The van der Waals surface area contributed by atoms with Gasteiger partial charge in [0, 0.05) is 11.5 Å². The molecule has 1 heterocycles. The van der Waals surface area contributed by atoms with Gasteiger partial charge in [-0.25, -0.2) is 0 Å². The molecule has 0 spiro atoms. The summed E-state index contributed by atoms with van der Waals surface area (Å²) < 4.78 is 0. The van der Waals surface area contributed by atoms with Crippen molar-refractivity contribution < 1.29 is 4.79 Å². The van der Waals surface area contributed by atoms with E-state index in [1.165, 1.54) is 37.7 Å². The van der Waals surface area contributed by atoms with Crippen molar-refractivity contribution in [1.29, 1.82) is 0 Å². The maximum Gasteiger partial charge on any atom is 0.129 e. The van der Waals surface area contributed by atoms with Crippen molar-refractivity contribution in [3.63, 3.8) is 0 Å². The quantitative estimate of drug-likeness (QED) is 0.624. The zero-order valence-electron chi connectivity index (χ0n) is 9.94. The van der Waals surface area contributed by atoms with Crippen LogP contribution >= 0.6 is 15.9 Å². The second-order valence-electron chi connectivity index (χ2n) is 4.75. The molecule has 92 valence electrons. The van der Waals surface area contributed by atoms with Gasteiger partial charge in [-0.1, -0.05) is 41.3 Å². The highest BCUT2D eigenvalue weighted by atomic mass is 79.9. The maximum atomic E-state index is 10.9. The van der Waals surface area contributed by atoms with Gasteiger partial charge in [0.15, 0.2) is 0 Å². The Morgan fingerprint density at radius 2 is 2.12 bits per heavy atom. The number of carbonyl (C=O) groups is 1. The Labute approximate surface area is 111 Å². The van der Waals surface area contributed by atoms with Crippen LogP contribution in [0.15, 0.2) is 18.3 Å². The van der Waals surface area contributed by atoms with E-state index in [-0.39, 0.29) is 5.92 Å². The lowest BCUT2D eigenvalue weighted by molar-refractivity contribution is -0.108. The summed E-state index contributed by atoms with van der Waals surface area (Å²) in [6.45, 7) is 0. The Morgan fingerprint density at radius 3 is 2.65 bits per heavy atom. The van der Waals surface area contributed by atoms with Gasteiger partial charge < -0.3 is 4.79 Å². The number of nitrogens with zero attached hydrogens (tertiary/aromatic N) is 1. The number of aldehydes is 1. The van der Waals surface area contributed by atoms with Gasteiger partial charge in [0.25, 0.3) is 0 Å². The molecule has 1 atom stereocenters. The summed E-state index contributed by atoms with van der Waals surface area (Å²) in [6.07, 6.45) is 9.55. The van der Waals surface area contributed by atoms with Crippen molar-refractivity contribution in [3.05, 3.63) is 29.6 Å². The van der Waals surface area contributed by atoms with E-state index in [4.69, 9.17) is 0 Å². The molecule has 0 saturated heterocycles. The fraction of sp³-hybridized carbons (Fsp3) is 0.571. The van der Waals surface area contributed by atoms with Gasteiger partial charge >= 0.3 is 0 Å². The lowest BCUT2D eigenvalue weighted by Crippen LogP contribution is -2.07. The number of pyridine rings is 1. The van der Waals surface area contributed by atoms with Gasteiger partial charge in [-0.05, 0) is 30.4 Å². The summed E-state index contributed by atoms with van der Waals surface area (Å²) in [6, 6.07) is 4.15. The van der Waals surface area contributed by atoms with E-state index in [1.807, 2.05) is 12.3 Å². The van der Waals surface area contributed by atoms with Crippen molar-refractivity contribution in [3.8, 4) is 0 Å². The first-order chi connectivity index (χ1) is 8.35. The lowest BCUT2D eigenvalue weighted by Gasteiger charge is -2.21. The summed E-state index contributed by atoms with van der Waals surface area (Å²) in [7, 11) is 0. The number of hydrogen-bond donors (Lipinski definition) is 0. The van der Waals surface area contributed by atoms with E-state index < -0.39 is 0 Å². The van der Waals surface area contributed by atoms with Crippen molar-refractivity contribution in [2.45, 2.75) is 43.9 Å². The molecule has 1 aromatic heterocycles. The van der Waals surface area contributed by atoms with Crippen LogP contribution in [0, 0.1) is 0 Å². The largest absolute Gasteiger partial charge is 0.303 e. The molecule has 0 bridgehead atoms. The fourth-order valence-electron chi connectivity index (χ4n) is 2.50. The Morgan fingerprint density at radius 1 is 1.35 bits per heavy atom. The topological polar surface area (TPSA) is 30.0 Å². The molecule has 1 aliphatic carbocycles. The van der Waals surface area contributed by atoms with Crippen LogP contribution in [0.25, 0.3) is 0 Å². The van der Waals surface area contributed by atoms with E-state index in [2.05, 4.69) is 27.0 Å². The Hall–Kier alpha value is -0.700. The maximum absolute atomic E-state index is 10.9. The highest BCUT2D eigenvalue weighted by Crippen LogP contribution is 2.32. The minimum absolute atomic E-state index is 0.115. The average molecular weight is 296 g/mol. The third-order valence-corrected chi connectivity index (χ3v) is 4.29. The number of rotatable bonds is 4. The van der Waals surface area contributed by atoms with Gasteiger partial charge in [-0.2, -0.15) is 0 Å². The van der Waals surface area contributed by atoms with Crippen LogP contribution in [-0.4, -0.2) is 16.6 Å². The summed E-state index contributed by atoms with van der Waals surface area (Å²) in [5.74, 6) is 0.569. The smallest absolute Gasteiger partial charge is 0.129 e. The number of halogens is 1. The Balaban J connectivity index is 2.08. The van der Waals surface area contributed by atoms with E-state index in [1.54, 1.807) is 0 Å². The summed E-state index contributed by atoms with van der Waals surface area (Å²) in [5, 5.41) is 0.645. The molecule has 1 unspecified atom stereocenters. The minimum atomic E-state index is -0.115. The second kappa shape index (κ2) is 6.29. The van der Waals surface area contributed by atoms with E-state index in [9.17, 15) is 4.79 Å². The predicted molar refractivity (Wildman–Crippen MR) is 72.7 cm³/mol. The van der Waals surface area contributed by atoms with Gasteiger partial charge in [-0.15, -0.1) is 0 Å². The first kappa shape index (κ1) is 12.7. The minimum Gasteiger partial charge on any atom is -0.303 e. The molecule has 0 aliphatic heterocycles. The monoisotopic (exact) mass is 295 g/mol. The van der Waals surface area contributed by atoms with Crippen LogP contribution in [0.3, 0.4) is 0 Å². The fourth-order valence-corrected chi connectivity index (χ4v) is 2.98. The Bertz CT molecular complexity index is 357. The zero-order valence-corrected chi connectivity index (χ0v) is 11.5. The van der Waals surface area contributed by atoms with E-state index in [0.29, 0.717) is 11.2 Å².